The number of oxime groups is 1. The molecule has 0 radical (unpaired) electrons. The Hall–Kier alpha value is -2.30. The van der Waals surface area contributed by atoms with Crippen LogP contribution in [0.3, 0.4) is 0 Å². The van der Waals surface area contributed by atoms with Crippen LogP contribution in [-0.4, -0.2) is 6.21 Å². The fourth-order valence-electron chi connectivity index (χ4n) is 3.34. The third-order valence-corrected chi connectivity index (χ3v) is 4.77. The molecule has 5 heteroatoms. The van der Waals surface area contributed by atoms with Crippen molar-refractivity contribution in [1.29, 1.82) is 0 Å². The molecule has 3 rings (SSSR count). The highest BCUT2D eigenvalue weighted by atomic mass is 19.4. The van der Waals surface area contributed by atoms with Gasteiger partial charge in [0.1, 0.15) is 6.61 Å². The Morgan fingerprint density at radius 2 is 1.73 bits per heavy atom. The van der Waals surface area contributed by atoms with Crippen molar-refractivity contribution in [3.05, 3.63) is 70.8 Å². The van der Waals surface area contributed by atoms with Gasteiger partial charge in [-0.3, -0.25) is 0 Å². The van der Waals surface area contributed by atoms with Gasteiger partial charge in [0, 0.05) is 0 Å². The highest BCUT2D eigenvalue weighted by Gasteiger charge is 2.30. The molecule has 0 bridgehead atoms. The van der Waals surface area contributed by atoms with E-state index in [-0.39, 0.29) is 6.61 Å². The maximum Gasteiger partial charge on any atom is 0.416 e. The van der Waals surface area contributed by atoms with Gasteiger partial charge >= 0.3 is 6.18 Å². The minimum Gasteiger partial charge on any atom is -0.391 e. The summed E-state index contributed by atoms with van der Waals surface area (Å²) in [5.74, 6) is 0.659. The van der Waals surface area contributed by atoms with Gasteiger partial charge in [-0.2, -0.15) is 13.2 Å². The van der Waals surface area contributed by atoms with Gasteiger partial charge in [0.15, 0.2) is 0 Å². The van der Waals surface area contributed by atoms with Crippen molar-refractivity contribution in [1.82, 2.24) is 0 Å². The predicted molar refractivity (Wildman–Crippen MR) is 96.1 cm³/mol. The predicted octanol–water partition coefficient (Wildman–Crippen LogP) is 6.30. The second-order valence-electron chi connectivity index (χ2n) is 6.71. The molecule has 2 nitrogen and oxygen atoms in total. The molecule has 1 saturated carbocycles. The lowest BCUT2D eigenvalue weighted by atomic mass is 9.84. The molecule has 0 saturated heterocycles. The van der Waals surface area contributed by atoms with Crippen molar-refractivity contribution < 1.29 is 18.0 Å². The smallest absolute Gasteiger partial charge is 0.391 e. The van der Waals surface area contributed by atoms with Crippen molar-refractivity contribution in [3.63, 3.8) is 0 Å². The van der Waals surface area contributed by atoms with Crippen LogP contribution in [-0.2, 0) is 17.6 Å². The van der Waals surface area contributed by atoms with E-state index in [1.165, 1.54) is 43.7 Å². The topological polar surface area (TPSA) is 21.6 Å². The largest absolute Gasteiger partial charge is 0.416 e. The molecule has 0 amide bonds. The molecule has 2 aromatic rings. The molecule has 2 aromatic carbocycles. The molecule has 1 aliphatic carbocycles. The molecule has 0 N–H and O–H groups in total. The van der Waals surface area contributed by atoms with Gasteiger partial charge in [0.25, 0.3) is 0 Å². The SMILES string of the molecule is FC(F)(F)c1cccc(CON=Cc2ccc(C3CCCCC3)cc2)c1. The van der Waals surface area contributed by atoms with Crippen LogP contribution in [0, 0.1) is 0 Å². The summed E-state index contributed by atoms with van der Waals surface area (Å²) in [4.78, 5) is 5.14. The van der Waals surface area contributed by atoms with Crippen LogP contribution in [0.25, 0.3) is 0 Å². The molecule has 0 spiro atoms. The summed E-state index contributed by atoms with van der Waals surface area (Å²) >= 11 is 0. The average molecular weight is 361 g/mol. The minimum absolute atomic E-state index is 0.000573. The number of benzene rings is 2. The van der Waals surface area contributed by atoms with E-state index in [2.05, 4.69) is 17.3 Å². The quantitative estimate of drug-likeness (QED) is 0.452. The first-order chi connectivity index (χ1) is 12.5. The molecule has 0 aliphatic heterocycles. The van der Waals surface area contributed by atoms with Crippen LogP contribution in [0.5, 0.6) is 0 Å². The van der Waals surface area contributed by atoms with E-state index in [1.807, 2.05) is 12.1 Å². The number of halogens is 3. The zero-order valence-electron chi connectivity index (χ0n) is 14.5. The van der Waals surface area contributed by atoms with Gasteiger partial charge in [0.2, 0.25) is 0 Å². The van der Waals surface area contributed by atoms with Crippen molar-refractivity contribution in [2.24, 2.45) is 5.16 Å². The fraction of sp³-hybridized carbons (Fsp3) is 0.381. The molecule has 0 heterocycles. The summed E-state index contributed by atoms with van der Waals surface area (Å²) < 4.78 is 38.0. The number of rotatable bonds is 5. The van der Waals surface area contributed by atoms with Crippen molar-refractivity contribution in [3.8, 4) is 0 Å². The molecule has 138 valence electrons. The standard InChI is InChI=1S/C21H22F3NO/c22-21(23,24)20-8-4-5-17(13-20)15-26-25-14-16-9-11-19(12-10-16)18-6-2-1-3-7-18/h4-5,8-14,18H,1-3,6-7,15H2. The number of nitrogens with zero attached hydrogens (tertiary/aromatic N) is 1. The molecular weight excluding hydrogens is 339 g/mol. The van der Waals surface area contributed by atoms with Crippen molar-refractivity contribution >= 4 is 6.21 Å². The molecule has 0 atom stereocenters. The minimum atomic E-state index is -4.35. The Labute approximate surface area is 151 Å². The van der Waals surface area contributed by atoms with Crippen LogP contribution < -0.4 is 0 Å². The second kappa shape index (κ2) is 8.39. The highest BCUT2D eigenvalue weighted by Crippen LogP contribution is 2.32. The first-order valence-electron chi connectivity index (χ1n) is 8.94. The van der Waals surface area contributed by atoms with Crippen molar-refractivity contribution in [2.75, 3.05) is 0 Å². The number of hydrogen-bond acceptors (Lipinski definition) is 2. The summed E-state index contributed by atoms with van der Waals surface area (Å²) in [5, 5.41) is 3.86. The fourth-order valence-corrected chi connectivity index (χ4v) is 3.34. The van der Waals surface area contributed by atoms with Crippen LogP contribution >= 0.6 is 0 Å². The summed E-state index contributed by atoms with van der Waals surface area (Å²) in [6.45, 7) is 0.000573. The van der Waals surface area contributed by atoms with E-state index in [0.717, 1.165) is 17.7 Å². The summed E-state index contributed by atoms with van der Waals surface area (Å²) in [7, 11) is 0. The Morgan fingerprint density at radius 1 is 1.00 bits per heavy atom. The van der Waals surface area contributed by atoms with Gasteiger partial charge in [-0.15, -0.1) is 0 Å². The molecule has 26 heavy (non-hydrogen) atoms. The Bertz CT molecular complexity index is 732. The lowest BCUT2D eigenvalue weighted by Gasteiger charge is -2.21. The second-order valence-corrected chi connectivity index (χ2v) is 6.71. The Balaban J connectivity index is 1.52. The molecule has 0 aromatic heterocycles. The van der Waals surface area contributed by atoms with E-state index in [0.29, 0.717) is 11.5 Å². The Kier molecular flexibility index (Phi) is 5.96. The number of hydrogen-bond donors (Lipinski definition) is 0. The van der Waals surface area contributed by atoms with Gasteiger partial charge in [-0.1, -0.05) is 60.8 Å². The van der Waals surface area contributed by atoms with Gasteiger partial charge in [-0.05, 0) is 47.6 Å². The Morgan fingerprint density at radius 3 is 2.42 bits per heavy atom. The number of alkyl halides is 3. The van der Waals surface area contributed by atoms with E-state index in [1.54, 1.807) is 12.3 Å². The van der Waals surface area contributed by atoms with E-state index >= 15 is 0 Å². The van der Waals surface area contributed by atoms with Crippen LogP contribution in [0.2, 0.25) is 0 Å². The monoisotopic (exact) mass is 361 g/mol. The zero-order chi connectivity index (χ0) is 18.4. The average Bonchev–Trinajstić information content (AvgIpc) is 2.66. The first-order valence-corrected chi connectivity index (χ1v) is 8.94. The maximum atomic E-state index is 12.7. The normalized spacial score (nSPS) is 16.1. The first kappa shape index (κ1) is 18.5. The summed E-state index contributed by atoms with van der Waals surface area (Å²) in [6, 6.07) is 13.3. The van der Waals surface area contributed by atoms with Gasteiger partial charge in [-0.25, -0.2) is 0 Å². The maximum absolute atomic E-state index is 12.7. The third-order valence-electron chi connectivity index (χ3n) is 4.77. The van der Waals surface area contributed by atoms with Crippen LogP contribution in [0.15, 0.2) is 53.7 Å². The molecular formula is C21H22F3NO. The van der Waals surface area contributed by atoms with E-state index in [9.17, 15) is 13.2 Å². The van der Waals surface area contributed by atoms with Gasteiger partial charge < -0.3 is 4.84 Å². The molecule has 1 fully saturated rings. The zero-order valence-corrected chi connectivity index (χ0v) is 14.5. The van der Waals surface area contributed by atoms with Gasteiger partial charge in [0.05, 0.1) is 11.8 Å². The van der Waals surface area contributed by atoms with Crippen molar-refractivity contribution in [2.45, 2.75) is 50.8 Å². The van der Waals surface area contributed by atoms with Crippen LogP contribution in [0.4, 0.5) is 13.2 Å². The highest BCUT2D eigenvalue weighted by molar-refractivity contribution is 5.79. The van der Waals surface area contributed by atoms with E-state index < -0.39 is 11.7 Å². The third kappa shape index (κ3) is 5.10. The summed E-state index contributed by atoms with van der Waals surface area (Å²) in [5.41, 5.74) is 2.03. The van der Waals surface area contributed by atoms with E-state index in [4.69, 9.17) is 4.84 Å². The lowest BCUT2D eigenvalue weighted by molar-refractivity contribution is -0.137. The molecule has 1 aliphatic rings. The lowest BCUT2D eigenvalue weighted by Crippen LogP contribution is -2.05. The molecule has 0 unspecified atom stereocenters. The van der Waals surface area contributed by atoms with Crippen LogP contribution in [0.1, 0.15) is 60.3 Å². The summed E-state index contributed by atoms with van der Waals surface area (Å²) in [6.07, 6.45) is 3.69.